The number of morpholine rings is 1. The lowest BCUT2D eigenvalue weighted by atomic mass is 10.1. The number of sulfone groups is 1. The van der Waals surface area contributed by atoms with Crippen LogP contribution in [0.15, 0.2) is 0 Å². The highest BCUT2D eigenvalue weighted by molar-refractivity contribution is 7.91. The normalized spacial score (nSPS) is 33.5. The van der Waals surface area contributed by atoms with E-state index >= 15 is 0 Å². The highest BCUT2D eigenvalue weighted by atomic mass is 35.5. The maximum absolute atomic E-state index is 12.3. The molecule has 6 nitrogen and oxygen atoms in total. The molecule has 0 bridgehead atoms. The Balaban J connectivity index is 0.00000180. The molecule has 2 saturated heterocycles. The third-order valence-corrected chi connectivity index (χ3v) is 5.44. The van der Waals surface area contributed by atoms with Crippen molar-refractivity contribution < 1.29 is 17.9 Å². The average Bonchev–Trinajstić information content (AvgIpc) is 2.68. The van der Waals surface area contributed by atoms with E-state index in [1.54, 1.807) is 11.9 Å². The van der Waals surface area contributed by atoms with Gasteiger partial charge in [-0.05, 0) is 13.3 Å². The van der Waals surface area contributed by atoms with Crippen LogP contribution in [0.4, 0.5) is 0 Å². The Bertz CT molecular complexity index is 428. The number of hydrogen-bond acceptors (Lipinski definition) is 5. The lowest BCUT2D eigenvalue weighted by molar-refractivity contribution is -0.139. The van der Waals surface area contributed by atoms with Crippen LogP contribution in [0.25, 0.3) is 0 Å². The van der Waals surface area contributed by atoms with E-state index in [0.29, 0.717) is 19.6 Å². The van der Waals surface area contributed by atoms with Gasteiger partial charge in [-0.25, -0.2) is 8.42 Å². The van der Waals surface area contributed by atoms with Gasteiger partial charge in [0.15, 0.2) is 9.84 Å². The van der Waals surface area contributed by atoms with Crippen LogP contribution in [0.1, 0.15) is 13.3 Å². The van der Waals surface area contributed by atoms with Crippen molar-refractivity contribution in [3.63, 3.8) is 0 Å². The predicted octanol–water partition coefficient (Wildman–Crippen LogP) is -0.569. The van der Waals surface area contributed by atoms with E-state index in [4.69, 9.17) is 4.74 Å². The minimum absolute atomic E-state index is 0. The number of carbonyl (C=O) groups excluding carboxylic acids is 1. The number of ether oxygens (including phenoxy) is 1. The molecule has 2 aliphatic heterocycles. The Morgan fingerprint density at radius 2 is 2.11 bits per heavy atom. The third-order valence-electron chi connectivity index (χ3n) is 3.69. The molecule has 0 aromatic rings. The molecule has 0 radical (unpaired) electrons. The molecule has 1 amide bonds. The molecular weight excluding hydrogens is 292 g/mol. The summed E-state index contributed by atoms with van der Waals surface area (Å²) in [6, 6.07) is -0.564. The molecule has 0 aromatic heterocycles. The van der Waals surface area contributed by atoms with Crippen LogP contribution in [0.2, 0.25) is 0 Å². The Labute approximate surface area is 120 Å². The molecule has 3 atom stereocenters. The first-order valence-electron chi connectivity index (χ1n) is 6.23. The van der Waals surface area contributed by atoms with Crippen LogP contribution in [-0.2, 0) is 19.4 Å². The molecule has 0 saturated carbocycles. The van der Waals surface area contributed by atoms with Crippen LogP contribution >= 0.6 is 12.4 Å². The third kappa shape index (κ3) is 3.81. The number of rotatable bonds is 2. The van der Waals surface area contributed by atoms with Gasteiger partial charge in [-0.1, -0.05) is 0 Å². The van der Waals surface area contributed by atoms with Gasteiger partial charge in [0.1, 0.15) is 6.04 Å². The van der Waals surface area contributed by atoms with Gasteiger partial charge in [0.2, 0.25) is 5.91 Å². The maximum Gasteiger partial charge on any atom is 0.242 e. The number of amides is 1. The van der Waals surface area contributed by atoms with E-state index in [1.807, 2.05) is 6.92 Å². The van der Waals surface area contributed by atoms with Gasteiger partial charge in [-0.2, -0.15) is 0 Å². The van der Waals surface area contributed by atoms with E-state index in [1.165, 1.54) is 0 Å². The zero-order valence-electron chi connectivity index (χ0n) is 11.2. The number of likely N-dealkylation sites (N-methyl/N-ethyl adjacent to an activating group) is 1. The first-order valence-corrected chi connectivity index (χ1v) is 8.05. The molecule has 2 fully saturated rings. The fraction of sp³-hybridized carbons (Fsp3) is 0.909. The summed E-state index contributed by atoms with van der Waals surface area (Å²) in [6.45, 7) is 3.11. The molecule has 2 heterocycles. The topological polar surface area (TPSA) is 75.7 Å². The summed E-state index contributed by atoms with van der Waals surface area (Å²) in [4.78, 5) is 13.9. The second-order valence-corrected chi connectivity index (χ2v) is 7.24. The fourth-order valence-corrected chi connectivity index (χ4v) is 4.26. The number of nitrogens with zero attached hydrogens (tertiary/aromatic N) is 1. The summed E-state index contributed by atoms with van der Waals surface area (Å²) < 4.78 is 28.3. The van der Waals surface area contributed by atoms with Crippen molar-refractivity contribution in [1.29, 1.82) is 0 Å². The molecule has 19 heavy (non-hydrogen) atoms. The van der Waals surface area contributed by atoms with Crippen LogP contribution in [-0.4, -0.2) is 69.1 Å². The summed E-state index contributed by atoms with van der Waals surface area (Å²) in [5, 5.41) is 3.13. The first kappa shape index (κ1) is 16.7. The summed E-state index contributed by atoms with van der Waals surface area (Å²) in [6.07, 6.45) is 0.360. The van der Waals surface area contributed by atoms with Crippen molar-refractivity contribution >= 4 is 28.2 Å². The Hall–Kier alpha value is -0.370. The second-order valence-electron chi connectivity index (χ2n) is 5.01. The molecule has 0 spiro atoms. The largest absolute Gasteiger partial charge is 0.375 e. The van der Waals surface area contributed by atoms with Crippen LogP contribution in [0.5, 0.6) is 0 Å². The van der Waals surface area contributed by atoms with Gasteiger partial charge in [-0.3, -0.25) is 4.79 Å². The SMILES string of the molecule is C[C@H]1OCCN[C@@H]1C(=O)N(C)C1CCS(=O)(=O)C1.Cl. The summed E-state index contributed by atoms with van der Waals surface area (Å²) in [5.41, 5.74) is 0. The predicted molar refractivity (Wildman–Crippen MR) is 74.3 cm³/mol. The van der Waals surface area contributed by atoms with Gasteiger partial charge in [-0.15, -0.1) is 12.4 Å². The highest BCUT2D eigenvalue weighted by Crippen LogP contribution is 2.18. The van der Waals surface area contributed by atoms with Crippen LogP contribution in [0.3, 0.4) is 0 Å². The molecule has 8 heteroatoms. The van der Waals surface area contributed by atoms with Crippen molar-refractivity contribution in [2.45, 2.75) is 31.5 Å². The van der Waals surface area contributed by atoms with Crippen molar-refractivity contribution in [2.24, 2.45) is 0 Å². The molecule has 0 aliphatic carbocycles. The number of carbonyl (C=O) groups is 1. The second kappa shape index (κ2) is 6.39. The smallest absolute Gasteiger partial charge is 0.242 e. The van der Waals surface area contributed by atoms with E-state index in [2.05, 4.69) is 5.32 Å². The van der Waals surface area contributed by atoms with Gasteiger partial charge < -0.3 is 15.0 Å². The van der Waals surface area contributed by atoms with Crippen molar-refractivity contribution in [3.05, 3.63) is 0 Å². The summed E-state index contributed by atoms with van der Waals surface area (Å²) in [7, 11) is -1.29. The monoisotopic (exact) mass is 312 g/mol. The minimum Gasteiger partial charge on any atom is -0.375 e. The van der Waals surface area contributed by atoms with Gasteiger partial charge >= 0.3 is 0 Å². The highest BCUT2D eigenvalue weighted by Gasteiger charge is 2.37. The Morgan fingerprint density at radius 3 is 2.63 bits per heavy atom. The van der Waals surface area contributed by atoms with Gasteiger partial charge in [0, 0.05) is 19.6 Å². The van der Waals surface area contributed by atoms with Crippen molar-refractivity contribution in [2.75, 3.05) is 31.7 Å². The van der Waals surface area contributed by atoms with Crippen LogP contribution in [0, 0.1) is 0 Å². The maximum atomic E-state index is 12.3. The van der Waals surface area contributed by atoms with E-state index < -0.39 is 9.84 Å². The van der Waals surface area contributed by atoms with Crippen LogP contribution < -0.4 is 5.32 Å². The first-order chi connectivity index (χ1) is 8.41. The Morgan fingerprint density at radius 1 is 1.42 bits per heavy atom. The Kier molecular flexibility index (Phi) is 5.61. The van der Waals surface area contributed by atoms with Crippen molar-refractivity contribution in [1.82, 2.24) is 10.2 Å². The quantitative estimate of drug-likeness (QED) is 0.739. The summed E-state index contributed by atoms with van der Waals surface area (Å²) in [5.74, 6) is 0.181. The molecule has 2 rings (SSSR count). The van der Waals surface area contributed by atoms with Gasteiger partial charge in [0.25, 0.3) is 0 Å². The number of nitrogens with one attached hydrogen (secondary N) is 1. The molecule has 112 valence electrons. The molecule has 1 N–H and O–H groups in total. The molecule has 1 unspecified atom stereocenters. The molecular formula is C11H21ClN2O4S. The lowest BCUT2D eigenvalue weighted by Gasteiger charge is -2.34. The van der Waals surface area contributed by atoms with Gasteiger partial charge in [0.05, 0.1) is 24.2 Å². The zero-order chi connectivity index (χ0) is 13.3. The summed E-state index contributed by atoms with van der Waals surface area (Å²) >= 11 is 0. The zero-order valence-corrected chi connectivity index (χ0v) is 12.8. The number of hydrogen-bond donors (Lipinski definition) is 1. The molecule has 0 aromatic carbocycles. The average molecular weight is 313 g/mol. The number of halogens is 1. The molecule has 2 aliphatic rings. The lowest BCUT2D eigenvalue weighted by Crippen LogP contribution is -2.57. The van der Waals surface area contributed by atoms with E-state index in [9.17, 15) is 13.2 Å². The van der Waals surface area contributed by atoms with Crippen molar-refractivity contribution in [3.8, 4) is 0 Å². The minimum atomic E-state index is -2.96. The van der Waals surface area contributed by atoms with E-state index in [0.717, 1.165) is 0 Å². The van der Waals surface area contributed by atoms with E-state index in [-0.39, 0.29) is 48.0 Å². The standard InChI is InChI=1S/C11H20N2O4S.ClH/c1-8-10(12-4-5-17-8)11(14)13(2)9-3-6-18(15,16)7-9;/h8-10,12H,3-7H2,1-2H3;1H/t8-,9?,10+;/m1./s1. The fourth-order valence-electron chi connectivity index (χ4n) is 2.49.